The second kappa shape index (κ2) is 6.95. The van der Waals surface area contributed by atoms with Gasteiger partial charge in [-0.3, -0.25) is 9.59 Å². The molecule has 0 saturated heterocycles. The molecule has 7 heteroatoms. The average Bonchev–Trinajstić information content (AvgIpc) is 2.49. The predicted molar refractivity (Wildman–Crippen MR) is 83.6 cm³/mol. The molecule has 1 aromatic carbocycles. The molecule has 0 fully saturated rings. The van der Waals surface area contributed by atoms with E-state index in [0.29, 0.717) is 15.9 Å². The second-order valence-electron chi connectivity index (χ2n) is 4.63. The van der Waals surface area contributed by atoms with E-state index in [1.807, 2.05) is 0 Å². The van der Waals surface area contributed by atoms with E-state index in [4.69, 9.17) is 12.2 Å². The van der Waals surface area contributed by atoms with Gasteiger partial charge < -0.3 is 15.2 Å². The number of anilines is 1. The monoisotopic (exact) mass is 319 g/mol. The number of amides is 2. The van der Waals surface area contributed by atoms with Gasteiger partial charge in [-0.05, 0) is 36.4 Å². The molecule has 0 radical (unpaired) electrons. The van der Waals surface area contributed by atoms with Crippen molar-refractivity contribution in [2.24, 2.45) is 0 Å². The Morgan fingerprint density at radius 1 is 1.27 bits per heavy atom. The van der Waals surface area contributed by atoms with Crippen LogP contribution in [0.1, 0.15) is 10.4 Å². The molecule has 1 aromatic heterocycles. The van der Waals surface area contributed by atoms with E-state index in [0.717, 1.165) is 0 Å². The Labute approximate surface area is 131 Å². The molecule has 0 aliphatic rings. The fourth-order valence-corrected chi connectivity index (χ4v) is 2.04. The minimum Gasteiger partial charge on any atom is -0.352 e. The number of H-pyrrole nitrogens is 1. The third-order valence-electron chi connectivity index (χ3n) is 2.90. The number of nitrogens with zero attached hydrogens (tertiary/aromatic N) is 1. The number of halogens is 1. The molecule has 0 spiro atoms. The molecule has 2 N–H and O–H groups in total. The van der Waals surface area contributed by atoms with Gasteiger partial charge in [-0.15, -0.1) is 0 Å². The molecule has 0 unspecified atom stereocenters. The zero-order valence-corrected chi connectivity index (χ0v) is 12.6. The molecule has 2 amide bonds. The van der Waals surface area contributed by atoms with Crippen molar-refractivity contribution in [2.75, 3.05) is 18.9 Å². The van der Waals surface area contributed by atoms with Crippen LogP contribution < -0.4 is 5.32 Å². The minimum atomic E-state index is -0.386. The van der Waals surface area contributed by atoms with Gasteiger partial charge in [0, 0.05) is 18.9 Å². The normalized spacial score (nSPS) is 10.1. The van der Waals surface area contributed by atoms with E-state index in [1.165, 1.54) is 36.2 Å². The Morgan fingerprint density at radius 3 is 2.59 bits per heavy atom. The van der Waals surface area contributed by atoms with Crippen LogP contribution in [-0.4, -0.2) is 35.3 Å². The van der Waals surface area contributed by atoms with Crippen LogP contribution in [0.3, 0.4) is 0 Å². The molecule has 1 heterocycles. The molecular formula is C15H14FN3O2S. The number of carbonyl (C=O) groups excluding carboxylic acids is 2. The summed E-state index contributed by atoms with van der Waals surface area (Å²) >= 11 is 5.04. The first kappa shape index (κ1) is 15.8. The Bertz CT molecular complexity index is 743. The van der Waals surface area contributed by atoms with Crippen LogP contribution in [-0.2, 0) is 4.79 Å². The third-order valence-corrected chi connectivity index (χ3v) is 3.24. The lowest BCUT2D eigenvalue weighted by molar-refractivity contribution is -0.116. The highest BCUT2D eigenvalue weighted by molar-refractivity contribution is 7.71. The summed E-state index contributed by atoms with van der Waals surface area (Å²) in [6.07, 6.45) is 1.63. The highest BCUT2D eigenvalue weighted by atomic mass is 32.1. The van der Waals surface area contributed by atoms with Crippen molar-refractivity contribution < 1.29 is 14.0 Å². The average molecular weight is 319 g/mol. The van der Waals surface area contributed by atoms with Crippen molar-refractivity contribution in [1.82, 2.24) is 9.88 Å². The van der Waals surface area contributed by atoms with E-state index >= 15 is 0 Å². The summed E-state index contributed by atoms with van der Waals surface area (Å²) in [6.45, 7) is -0.139. The van der Waals surface area contributed by atoms with Crippen molar-refractivity contribution >= 4 is 29.7 Å². The lowest BCUT2D eigenvalue weighted by Gasteiger charge is -2.16. The maximum Gasteiger partial charge on any atom is 0.257 e. The van der Waals surface area contributed by atoms with Gasteiger partial charge in [-0.25, -0.2) is 4.39 Å². The summed E-state index contributed by atoms with van der Waals surface area (Å²) in [7, 11) is 1.51. The first-order valence-electron chi connectivity index (χ1n) is 6.46. The minimum absolute atomic E-state index is 0.139. The maximum atomic E-state index is 12.8. The Morgan fingerprint density at radius 2 is 1.95 bits per heavy atom. The number of benzene rings is 1. The number of hydrogen-bond donors (Lipinski definition) is 2. The van der Waals surface area contributed by atoms with Crippen LogP contribution in [0.2, 0.25) is 0 Å². The molecule has 5 nitrogen and oxygen atoms in total. The van der Waals surface area contributed by atoms with E-state index in [1.54, 1.807) is 18.3 Å². The molecule has 0 atom stereocenters. The van der Waals surface area contributed by atoms with Crippen LogP contribution >= 0.6 is 12.2 Å². The zero-order valence-electron chi connectivity index (χ0n) is 11.8. The number of carbonyl (C=O) groups is 2. The van der Waals surface area contributed by atoms with Gasteiger partial charge in [0.05, 0.1) is 12.1 Å². The molecule has 2 aromatic rings. The van der Waals surface area contributed by atoms with E-state index in [-0.39, 0.29) is 24.2 Å². The summed E-state index contributed by atoms with van der Waals surface area (Å²) in [5.74, 6) is -1.12. The Hall–Kier alpha value is -2.54. The number of rotatable bonds is 4. The fourth-order valence-electron chi connectivity index (χ4n) is 1.82. The standard InChI is InChI=1S/C15H14FN3O2S/c1-19(15(21)12-3-2-8-17-14(12)22)9-13(20)18-11-6-4-10(16)5-7-11/h2-8H,9H2,1H3,(H,17,22)(H,18,20). The smallest absolute Gasteiger partial charge is 0.257 e. The molecular weight excluding hydrogens is 305 g/mol. The topological polar surface area (TPSA) is 65.2 Å². The summed E-state index contributed by atoms with van der Waals surface area (Å²) in [6, 6.07) is 8.64. The number of pyridine rings is 1. The van der Waals surface area contributed by atoms with Crippen LogP contribution in [0, 0.1) is 10.5 Å². The molecule has 0 bridgehead atoms. The van der Waals surface area contributed by atoms with E-state index in [9.17, 15) is 14.0 Å². The summed E-state index contributed by atoms with van der Waals surface area (Å²) in [5, 5.41) is 2.59. The maximum absolute atomic E-state index is 12.8. The van der Waals surface area contributed by atoms with Crippen molar-refractivity contribution in [2.45, 2.75) is 0 Å². The molecule has 0 saturated carbocycles. The Kier molecular flexibility index (Phi) is 5.00. The molecule has 0 aliphatic carbocycles. The molecule has 114 valence electrons. The van der Waals surface area contributed by atoms with Gasteiger partial charge >= 0.3 is 0 Å². The zero-order chi connectivity index (χ0) is 16.1. The first-order chi connectivity index (χ1) is 10.5. The molecule has 0 aliphatic heterocycles. The first-order valence-corrected chi connectivity index (χ1v) is 6.87. The number of aromatic amines is 1. The number of likely N-dealkylation sites (N-methyl/N-ethyl adjacent to an activating group) is 1. The van der Waals surface area contributed by atoms with Crippen LogP contribution in [0.4, 0.5) is 10.1 Å². The van der Waals surface area contributed by atoms with Gasteiger partial charge in [0.1, 0.15) is 10.5 Å². The quantitative estimate of drug-likeness (QED) is 0.851. The van der Waals surface area contributed by atoms with Crippen molar-refractivity contribution in [1.29, 1.82) is 0 Å². The van der Waals surface area contributed by atoms with Crippen molar-refractivity contribution in [3.63, 3.8) is 0 Å². The third kappa shape index (κ3) is 3.98. The van der Waals surface area contributed by atoms with Gasteiger partial charge in [0.2, 0.25) is 5.91 Å². The Balaban J connectivity index is 1.99. The highest BCUT2D eigenvalue weighted by Crippen LogP contribution is 2.09. The number of hydrogen-bond acceptors (Lipinski definition) is 3. The number of nitrogens with one attached hydrogen (secondary N) is 2. The van der Waals surface area contributed by atoms with Gasteiger partial charge in [-0.2, -0.15) is 0 Å². The van der Waals surface area contributed by atoms with Crippen molar-refractivity contribution in [3.8, 4) is 0 Å². The molecule has 2 rings (SSSR count). The highest BCUT2D eigenvalue weighted by Gasteiger charge is 2.16. The van der Waals surface area contributed by atoms with Crippen LogP contribution in [0.5, 0.6) is 0 Å². The van der Waals surface area contributed by atoms with Gasteiger partial charge in [0.25, 0.3) is 5.91 Å². The van der Waals surface area contributed by atoms with Crippen molar-refractivity contribution in [3.05, 3.63) is 58.6 Å². The van der Waals surface area contributed by atoms with E-state index < -0.39 is 0 Å². The van der Waals surface area contributed by atoms with Crippen LogP contribution in [0.15, 0.2) is 42.6 Å². The lowest BCUT2D eigenvalue weighted by Crippen LogP contribution is -2.35. The fraction of sp³-hybridized carbons (Fsp3) is 0.133. The lowest BCUT2D eigenvalue weighted by atomic mass is 10.2. The predicted octanol–water partition coefficient (Wildman–Crippen LogP) is 2.59. The van der Waals surface area contributed by atoms with Crippen LogP contribution in [0.25, 0.3) is 0 Å². The van der Waals surface area contributed by atoms with Gasteiger partial charge in [0.15, 0.2) is 0 Å². The number of aromatic nitrogens is 1. The second-order valence-corrected chi connectivity index (χ2v) is 5.04. The summed E-state index contributed by atoms with van der Waals surface area (Å²) in [5.41, 5.74) is 0.791. The largest absolute Gasteiger partial charge is 0.352 e. The summed E-state index contributed by atoms with van der Waals surface area (Å²) < 4.78 is 13.1. The molecule has 22 heavy (non-hydrogen) atoms. The summed E-state index contributed by atoms with van der Waals surface area (Å²) in [4.78, 5) is 28.1. The SMILES string of the molecule is CN(CC(=O)Nc1ccc(F)cc1)C(=O)c1ccc[nH]c1=S. The van der Waals surface area contributed by atoms with Gasteiger partial charge in [-0.1, -0.05) is 12.2 Å². The van der Waals surface area contributed by atoms with E-state index in [2.05, 4.69) is 10.3 Å².